The highest BCUT2D eigenvalue weighted by atomic mass is 16.6. The first-order valence-corrected chi connectivity index (χ1v) is 6.47. The zero-order chi connectivity index (χ0) is 14.6. The monoisotopic (exact) mass is 291 g/mol. The number of rotatable bonds is 2. The molecule has 3 aromatic rings. The van der Waals surface area contributed by atoms with Gasteiger partial charge < -0.3 is 20.1 Å². The normalized spacial score (nSPS) is 29.7. The van der Waals surface area contributed by atoms with Crippen molar-refractivity contribution in [3.05, 3.63) is 25.0 Å². The van der Waals surface area contributed by atoms with Gasteiger partial charge in [0.15, 0.2) is 23.0 Å². The van der Waals surface area contributed by atoms with Gasteiger partial charge in [0.25, 0.3) is 0 Å². The van der Waals surface area contributed by atoms with Crippen LogP contribution in [0.2, 0.25) is 0 Å². The lowest BCUT2D eigenvalue weighted by Gasteiger charge is -2.16. The van der Waals surface area contributed by atoms with Crippen LogP contribution in [-0.2, 0) is 4.74 Å². The molecule has 4 heterocycles. The Bertz CT molecular complexity index is 799. The first-order chi connectivity index (χ1) is 10.2. The highest BCUT2D eigenvalue weighted by Crippen LogP contribution is 2.31. The standard InChI is InChI=1S/C12H13N5O4/c18-3-6-8(19)9(20)12(21-6)17-5-14-7-10-13-1-2-16(10)4-15-11(7)17/h1-2,4-6,8-9,12,18-20H,3H2/t6-,8?,9+,12-/m1/s1. The van der Waals surface area contributed by atoms with Crippen molar-refractivity contribution in [3.8, 4) is 0 Å². The molecular formula is C12H13N5O4. The van der Waals surface area contributed by atoms with Crippen LogP contribution in [0, 0.1) is 0 Å². The molecular weight excluding hydrogens is 278 g/mol. The molecule has 0 aliphatic carbocycles. The van der Waals surface area contributed by atoms with Crippen molar-refractivity contribution in [1.29, 1.82) is 0 Å². The summed E-state index contributed by atoms with van der Waals surface area (Å²) in [6.45, 7) is -0.376. The van der Waals surface area contributed by atoms with E-state index in [0.717, 1.165) is 0 Å². The van der Waals surface area contributed by atoms with Crippen LogP contribution < -0.4 is 0 Å². The van der Waals surface area contributed by atoms with Crippen LogP contribution in [0.4, 0.5) is 0 Å². The maximum absolute atomic E-state index is 10.1. The average molecular weight is 291 g/mol. The minimum absolute atomic E-state index is 0.376. The Labute approximate surface area is 118 Å². The van der Waals surface area contributed by atoms with E-state index in [2.05, 4.69) is 15.0 Å². The minimum atomic E-state index is -1.17. The largest absolute Gasteiger partial charge is 0.394 e. The van der Waals surface area contributed by atoms with Gasteiger partial charge in [0.05, 0.1) is 12.9 Å². The van der Waals surface area contributed by atoms with Gasteiger partial charge in [-0.25, -0.2) is 15.0 Å². The highest BCUT2D eigenvalue weighted by Gasteiger charge is 2.43. The van der Waals surface area contributed by atoms with E-state index < -0.39 is 24.5 Å². The van der Waals surface area contributed by atoms with Gasteiger partial charge in [-0.05, 0) is 0 Å². The molecule has 9 nitrogen and oxygen atoms in total. The molecule has 0 spiro atoms. The van der Waals surface area contributed by atoms with Crippen LogP contribution in [0.25, 0.3) is 16.8 Å². The third kappa shape index (κ3) is 1.69. The van der Waals surface area contributed by atoms with Crippen LogP contribution in [0.3, 0.4) is 0 Å². The van der Waals surface area contributed by atoms with E-state index in [1.165, 1.54) is 10.9 Å². The van der Waals surface area contributed by atoms with Gasteiger partial charge in [-0.3, -0.25) is 8.97 Å². The molecule has 0 amide bonds. The molecule has 0 bridgehead atoms. The fourth-order valence-electron chi connectivity index (χ4n) is 2.64. The summed E-state index contributed by atoms with van der Waals surface area (Å²) in [5, 5.41) is 29.1. The van der Waals surface area contributed by atoms with E-state index in [1.807, 2.05) is 0 Å². The molecule has 0 aromatic carbocycles. The number of fused-ring (bicyclic) bond motifs is 3. The van der Waals surface area contributed by atoms with Gasteiger partial charge in [0.2, 0.25) is 0 Å². The molecule has 0 radical (unpaired) electrons. The summed E-state index contributed by atoms with van der Waals surface area (Å²) in [5.74, 6) is 0. The zero-order valence-corrected chi connectivity index (χ0v) is 10.8. The number of nitrogens with zero attached hydrogens (tertiary/aromatic N) is 5. The molecule has 110 valence electrons. The molecule has 21 heavy (non-hydrogen) atoms. The van der Waals surface area contributed by atoms with Gasteiger partial charge >= 0.3 is 0 Å². The van der Waals surface area contributed by atoms with Crippen LogP contribution in [-0.4, -0.2) is 64.2 Å². The Morgan fingerprint density at radius 2 is 1.95 bits per heavy atom. The fraction of sp³-hybridized carbons (Fsp3) is 0.417. The van der Waals surface area contributed by atoms with Crippen LogP contribution >= 0.6 is 0 Å². The highest BCUT2D eigenvalue weighted by molar-refractivity contribution is 5.85. The summed E-state index contributed by atoms with van der Waals surface area (Å²) in [6.07, 6.45) is 2.45. The Kier molecular flexibility index (Phi) is 2.69. The third-order valence-corrected chi connectivity index (χ3v) is 3.74. The lowest BCUT2D eigenvalue weighted by molar-refractivity contribution is -0.0511. The Morgan fingerprint density at radius 3 is 2.71 bits per heavy atom. The summed E-state index contributed by atoms with van der Waals surface area (Å²) < 4.78 is 8.76. The predicted molar refractivity (Wildman–Crippen MR) is 69.3 cm³/mol. The minimum Gasteiger partial charge on any atom is -0.394 e. The molecule has 1 saturated heterocycles. The van der Waals surface area contributed by atoms with Crippen molar-refractivity contribution < 1.29 is 20.1 Å². The average Bonchev–Trinajstić information content (AvgIpc) is 3.17. The first kappa shape index (κ1) is 12.7. The van der Waals surface area contributed by atoms with Crippen molar-refractivity contribution >= 4 is 16.8 Å². The SMILES string of the molecule is OC[C@H]1O[C@@H](n2cnc3c2ncn2ccnc32)[C@@H](O)C1O. The van der Waals surface area contributed by atoms with Crippen molar-refractivity contribution in [2.45, 2.75) is 24.5 Å². The quantitative estimate of drug-likeness (QED) is 0.536. The molecule has 4 rings (SSSR count). The molecule has 3 N–H and O–H groups in total. The second kappa shape index (κ2) is 4.46. The number of ether oxygens (including phenoxy) is 1. The van der Waals surface area contributed by atoms with Gasteiger partial charge in [-0.1, -0.05) is 0 Å². The number of hydrogen-bond donors (Lipinski definition) is 3. The Hall–Kier alpha value is -2.07. The molecule has 1 unspecified atom stereocenters. The molecule has 1 aliphatic heterocycles. The Morgan fingerprint density at radius 1 is 1.10 bits per heavy atom. The first-order valence-electron chi connectivity index (χ1n) is 6.47. The summed E-state index contributed by atoms with van der Waals surface area (Å²) in [6, 6.07) is 0. The summed E-state index contributed by atoms with van der Waals surface area (Å²) >= 11 is 0. The second-order valence-corrected chi connectivity index (χ2v) is 4.96. The summed E-state index contributed by atoms with van der Waals surface area (Å²) in [5.41, 5.74) is 1.70. The molecule has 1 fully saturated rings. The number of imidazole rings is 2. The number of aliphatic hydroxyl groups excluding tert-OH is 3. The topological polar surface area (TPSA) is 118 Å². The van der Waals surface area contributed by atoms with E-state index >= 15 is 0 Å². The van der Waals surface area contributed by atoms with Gasteiger partial charge in [-0.2, -0.15) is 0 Å². The van der Waals surface area contributed by atoms with E-state index in [9.17, 15) is 10.2 Å². The van der Waals surface area contributed by atoms with E-state index in [0.29, 0.717) is 16.8 Å². The molecule has 1 aliphatic rings. The van der Waals surface area contributed by atoms with Crippen molar-refractivity contribution in [2.75, 3.05) is 6.61 Å². The molecule has 0 saturated carbocycles. The molecule has 4 atom stereocenters. The number of aliphatic hydroxyl groups is 3. The maximum atomic E-state index is 10.1. The van der Waals surface area contributed by atoms with E-state index in [1.54, 1.807) is 23.1 Å². The molecule has 3 aromatic heterocycles. The number of aromatic nitrogens is 5. The van der Waals surface area contributed by atoms with Gasteiger partial charge in [-0.15, -0.1) is 0 Å². The van der Waals surface area contributed by atoms with Crippen LogP contribution in [0.1, 0.15) is 6.23 Å². The maximum Gasteiger partial charge on any atom is 0.167 e. The third-order valence-electron chi connectivity index (χ3n) is 3.74. The van der Waals surface area contributed by atoms with Crippen LogP contribution in [0.15, 0.2) is 25.0 Å². The van der Waals surface area contributed by atoms with E-state index in [4.69, 9.17) is 9.84 Å². The summed E-state index contributed by atoms with van der Waals surface area (Å²) in [7, 11) is 0. The van der Waals surface area contributed by atoms with Crippen LogP contribution in [0.5, 0.6) is 0 Å². The fourth-order valence-corrected chi connectivity index (χ4v) is 2.64. The predicted octanol–water partition coefficient (Wildman–Crippen LogP) is -1.31. The number of hydrogen-bond acceptors (Lipinski definition) is 7. The van der Waals surface area contributed by atoms with E-state index in [-0.39, 0.29) is 6.61 Å². The Balaban J connectivity index is 1.84. The van der Waals surface area contributed by atoms with Crippen molar-refractivity contribution in [1.82, 2.24) is 23.9 Å². The second-order valence-electron chi connectivity index (χ2n) is 4.96. The van der Waals surface area contributed by atoms with Crippen molar-refractivity contribution in [2.24, 2.45) is 0 Å². The van der Waals surface area contributed by atoms with Crippen molar-refractivity contribution in [3.63, 3.8) is 0 Å². The zero-order valence-electron chi connectivity index (χ0n) is 10.8. The molecule has 9 heteroatoms. The smallest absolute Gasteiger partial charge is 0.167 e. The summed E-state index contributed by atoms with van der Waals surface area (Å²) in [4.78, 5) is 12.7. The van der Waals surface area contributed by atoms with Gasteiger partial charge in [0.1, 0.15) is 24.6 Å². The van der Waals surface area contributed by atoms with Gasteiger partial charge in [0, 0.05) is 12.4 Å². The lowest BCUT2D eigenvalue weighted by Crippen LogP contribution is -2.33. The lowest BCUT2D eigenvalue weighted by atomic mass is 10.1.